The van der Waals surface area contributed by atoms with Crippen LogP contribution < -0.4 is 10.1 Å². The fraction of sp³-hybridized carbons (Fsp3) is 0.421. The van der Waals surface area contributed by atoms with E-state index in [1.165, 1.54) is 0 Å². The van der Waals surface area contributed by atoms with Crippen molar-refractivity contribution in [2.24, 2.45) is 0 Å². The Hall–Kier alpha value is -1.62. The Morgan fingerprint density at radius 2 is 2.08 bits per heavy atom. The summed E-state index contributed by atoms with van der Waals surface area (Å²) in [7, 11) is 1.71. The van der Waals surface area contributed by atoms with Crippen molar-refractivity contribution in [3.05, 3.63) is 58.4 Å². The summed E-state index contributed by atoms with van der Waals surface area (Å²) in [6.45, 7) is 6.04. The van der Waals surface area contributed by atoms with E-state index in [-0.39, 0.29) is 6.04 Å². The maximum absolute atomic E-state index is 6.30. The van der Waals surface area contributed by atoms with Crippen molar-refractivity contribution in [1.82, 2.24) is 15.2 Å². The van der Waals surface area contributed by atoms with Crippen molar-refractivity contribution in [1.29, 1.82) is 0 Å². The standard InChI is InChI=1S/C19H24ClN3O/c1-14-5-3-6-17(22-14)19(23-11-4-9-21-10-12-23)16-13-15(20)7-8-18(16)24-2/h3,5-8,13,19,21H,4,9-12H2,1-2H3. The van der Waals surface area contributed by atoms with Gasteiger partial charge in [0.2, 0.25) is 0 Å². The smallest absolute Gasteiger partial charge is 0.124 e. The maximum Gasteiger partial charge on any atom is 0.124 e. The number of benzene rings is 1. The van der Waals surface area contributed by atoms with Gasteiger partial charge in [0.05, 0.1) is 18.8 Å². The lowest BCUT2D eigenvalue weighted by molar-refractivity contribution is 0.232. The largest absolute Gasteiger partial charge is 0.496 e. The first-order valence-electron chi connectivity index (χ1n) is 8.41. The third-order valence-corrected chi connectivity index (χ3v) is 4.65. The van der Waals surface area contributed by atoms with Crippen LogP contribution in [0.3, 0.4) is 0 Å². The molecule has 2 aromatic rings. The van der Waals surface area contributed by atoms with E-state index in [2.05, 4.69) is 22.3 Å². The van der Waals surface area contributed by atoms with Gasteiger partial charge in [0.25, 0.3) is 0 Å². The van der Waals surface area contributed by atoms with Gasteiger partial charge in [0, 0.05) is 35.9 Å². The summed E-state index contributed by atoms with van der Waals surface area (Å²) in [5.74, 6) is 0.852. The third-order valence-electron chi connectivity index (χ3n) is 4.42. The lowest BCUT2D eigenvalue weighted by Gasteiger charge is -2.31. The molecule has 24 heavy (non-hydrogen) atoms. The number of halogens is 1. The van der Waals surface area contributed by atoms with Crippen molar-refractivity contribution in [3.8, 4) is 5.75 Å². The van der Waals surface area contributed by atoms with Gasteiger partial charge >= 0.3 is 0 Å². The van der Waals surface area contributed by atoms with Gasteiger partial charge in [-0.3, -0.25) is 9.88 Å². The summed E-state index contributed by atoms with van der Waals surface area (Å²) in [5, 5.41) is 4.19. The molecule has 0 radical (unpaired) electrons. The van der Waals surface area contributed by atoms with Gasteiger partial charge in [-0.05, 0) is 50.2 Å². The van der Waals surface area contributed by atoms with Crippen LogP contribution in [-0.2, 0) is 0 Å². The molecule has 1 fully saturated rings. The monoisotopic (exact) mass is 345 g/mol. The number of ether oxygens (including phenoxy) is 1. The first kappa shape index (κ1) is 17.2. The Morgan fingerprint density at radius 3 is 2.88 bits per heavy atom. The molecule has 128 valence electrons. The number of aromatic nitrogens is 1. The van der Waals surface area contributed by atoms with Gasteiger partial charge < -0.3 is 10.1 Å². The SMILES string of the molecule is COc1ccc(Cl)cc1C(c1cccc(C)n1)N1CCCNCC1. The Labute approximate surface area is 148 Å². The van der Waals surface area contributed by atoms with Crippen molar-refractivity contribution in [2.45, 2.75) is 19.4 Å². The van der Waals surface area contributed by atoms with Crippen molar-refractivity contribution in [3.63, 3.8) is 0 Å². The minimum atomic E-state index is 0.0402. The molecule has 1 aliphatic heterocycles. The molecule has 0 spiro atoms. The summed E-state index contributed by atoms with van der Waals surface area (Å²) in [6.07, 6.45) is 1.12. The fourth-order valence-corrected chi connectivity index (χ4v) is 3.48. The molecule has 1 unspecified atom stereocenters. The highest BCUT2D eigenvalue weighted by Crippen LogP contribution is 2.36. The molecule has 2 heterocycles. The van der Waals surface area contributed by atoms with Crippen LogP contribution in [0.25, 0.3) is 0 Å². The molecular weight excluding hydrogens is 322 g/mol. The van der Waals surface area contributed by atoms with Gasteiger partial charge in [-0.25, -0.2) is 0 Å². The average molecular weight is 346 g/mol. The van der Waals surface area contributed by atoms with Crippen LogP contribution in [0.15, 0.2) is 36.4 Å². The van der Waals surface area contributed by atoms with Gasteiger partial charge in [0.1, 0.15) is 5.75 Å². The van der Waals surface area contributed by atoms with E-state index in [9.17, 15) is 0 Å². The van der Waals surface area contributed by atoms with Crippen LogP contribution in [0, 0.1) is 6.92 Å². The minimum absolute atomic E-state index is 0.0402. The highest BCUT2D eigenvalue weighted by Gasteiger charge is 2.27. The van der Waals surface area contributed by atoms with E-state index in [0.717, 1.165) is 60.3 Å². The van der Waals surface area contributed by atoms with E-state index in [1.54, 1.807) is 7.11 Å². The summed E-state index contributed by atoms with van der Waals surface area (Å²) < 4.78 is 5.63. The molecule has 1 N–H and O–H groups in total. The Bertz CT molecular complexity index is 684. The molecule has 0 bridgehead atoms. The highest BCUT2D eigenvalue weighted by molar-refractivity contribution is 6.30. The molecule has 4 nitrogen and oxygen atoms in total. The number of hydrogen-bond donors (Lipinski definition) is 1. The number of aryl methyl sites for hydroxylation is 1. The predicted octanol–water partition coefficient (Wildman–Crippen LogP) is 3.44. The molecule has 1 aliphatic rings. The fourth-order valence-electron chi connectivity index (χ4n) is 3.30. The van der Waals surface area contributed by atoms with Crippen molar-refractivity contribution in [2.75, 3.05) is 33.3 Å². The van der Waals surface area contributed by atoms with E-state index in [1.807, 2.05) is 31.2 Å². The lowest BCUT2D eigenvalue weighted by Crippen LogP contribution is -2.33. The predicted molar refractivity (Wildman–Crippen MR) is 97.9 cm³/mol. The van der Waals surface area contributed by atoms with E-state index in [4.69, 9.17) is 21.3 Å². The number of hydrogen-bond acceptors (Lipinski definition) is 4. The van der Waals surface area contributed by atoms with Gasteiger partial charge in [0.15, 0.2) is 0 Å². The molecule has 1 atom stereocenters. The third kappa shape index (κ3) is 3.89. The number of pyridine rings is 1. The van der Waals surface area contributed by atoms with Gasteiger partial charge in [-0.15, -0.1) is 0 Å². The van der Waals surface area contributed by atoms with Crippen LogP contribution in [0.2, 0.25) is 5.02 Å². The van der Waals surface area contributed by atoms with Crippen molar-refractivity contribution < 1.29 is 4.74 Å². The van der Waals surface area contributed by atoms with Gasteiger partial charge in [-0.1, -0.05) is 17.7 Å². The molecule has 0 saturated carbocycles. The van der Waals surface area contributed by atoms with Crippen LogP contribution in [0.5, 0.6) is 5.75 Å². The first-order chi connectivity index (χ1) is 11.7. The Kier molecular flexibility index (Phi) is 5.72. The molecule has 1 aromatic carbocycles. The number of methoxy groups -OCH3 is 1. The molecule has 0 amide bonds. The van der Waals surface area contributed by atoms with E-state index >= 15 is 0 Å². The zero-order valence-electron chi connectivity index (χ0n) is 14.3. The molecule has 3 rings (SSSR count). The van der Waals surface area contributed by atoms with E-state index in [0.29, 0.717) is 0 Å². The first-order valence-corrected chi connectivity index (χ1v) is 8.78. The highest BCUT2D eigenvalue weighted by atomic mass is 35.5. The van der Waals surface area contributed by atoms with Crippen LogP contribution in [0.4, 0.5) is 0 Å². The summed E-state index contributed by atoms with van der Waals surface area (Å²) in [4.78, 5) is 7.27. The quantitative estimate of drug-likeness (QED) is 0.921. The second-order valence-electron chi connectivity index (χ2n) is 6.13. The van der Waals surface area contributed by atoms with Crippen molar-refractivity contribution >= 4 is 11.6 Å². The summed E-state index contributed by atoms with van der Waals surface area (Å²) in [5.41, 5.74) is 3.13. The normalized spacial score (nSPS) is 17.3. The molecule has 1 aromatic heterocycles. The molecule has 0 aliphatic carbocycles. The Morgan fingerprint density at radius 1 is 1.21 bits per heavy atom. The second kappa shape index (κ2) is 7.97. The zero-order chi connectivity index (χ0) is 16.9. The topological polar surface area (TPSA) is 37.4 Å². The average Bonchev–Trinajstić information content (AvgIpc) is 2.85. The van der Waals surface area contributed by atoms with Crippen LogP contribution >= 0.6 is 11.6 Å². The molecule has 1 saturated heterocycles. The summed E-state index contributed by atoms with van der Waals surface area (Å²) in [6, 6.07) is 12.0. The summed E-state index contributed by atoms with van der Waals surface area (Å²) >= 11 is 6.30. The lowest BCUT2D eigenvalue weighted by atomic mass is 9.99. The van der Waals surface area contributed by atoms with E-state index < -0.39 is 0 Å². The molecule has 5 heteroatoms. The number of rotatable bonds is 4. The second-order valence-corrected chi connectivity index (χ2v) is 6.57. The van der Waals surface area contributed by atoms with Crippen LogP contribution in [-0.4, -0.2) is 43.2 Å². The zero-order valence-corrected chi connectivity index (χ0v) is 15.0. The Balaban J connectivity index is 2.09. The molecular formula is C19H24ClN3O. The number of nitrogens with one attached hydrogen (secondary N) is 1. The van der Waals surface area contributed by atoms with Crippen LogP contribution in [0.1, 0.15) is 29.4 Å². The minimum Gasteiger partial charge on any atom is -0.496 e. The maximum atomic E-state index is 6.30. The number of nitrogens with zero attached hydrogens (tertiary/aromatic N) is 2. The van der Waals surface area contributed by atoms with Gasteiger partial charge in [-0.2, -0.15) is 0 Å².